The van der Waals surface area contributed by atoms with Crippen LogP contribution in [0.4, 0.5) is 0 Å². The molecule has 0 aromatic heterocycles. The van der Waals surface area contributed by atoms with E-state index in [2.05, 4.69) is 20.7 Å². The first kappa shape index (κ1) is 9.69. The van der Waals surface area contributed by atoms with Crippen LogP contribution in [0.2, 0.25) is 0 Å². The van der Waals surface area contributed by atoms with Gasteiger partial charge in [0.1, 0.15) is 0 Å². The zero-order valence-corrected chi connectivity index (χ0v) is 7.77. The molecule has 0 aliphatic rings. The van der Waals surface area contributed by atoms with Crippen LogP contribution in [0.15, 0.2) is 10.6 Å². The zero-order chi connectivity index (χ0) is 7.98. The van der Waals surface area contributed by atoms with Gasteiger partial charge in [0.25, 0.3) is 0 Å². The summed E-state index contributed by atoms with van der Waals surface area (Å²) in [7, 11) is 1.40. The number of halogens is 1. The molecule has 0 unspecified atom stereocenters. The van der Waals surface area contributed by atoms with Crippen LogP contribution in [-0.2, 0) is 9.53 Å². The first-order valence-electron chi connectivity index (χ1n) is 3.06. The van der Waals surface area contributed by atoms with Crippen molar-refractivity contribution in [2.75, 3.05) is 7.11 Å². The second-order valence-electron chi connectivity index (χ2n) is 1.91. The molecule has 0 spiro atoms. The summed E-state index contributed by atoms with van der Waals surface area (Å²) in [5.74, 6) is -0.162. The van der Waals surface area contributed by atoms with Crippen LogP contribution in [0.3, 0.4) is 0 Å². The SMILES string of the molecule is COC(=O)CC/C=C(/C)Br. The number of esters is 1. The number of methoxy groups -OCH3 is 1. The summed E-state index contributed by atoms with van der Waals surface area (Å²) in [6, 6.07) is 0. The quantitative estimate of drug-likeness (QED) is 0.663. The normalized spacial score (nSPS) is 11.3. The number of rotatable bonds is 3. The van der Waals surface area contributed by atoms with Gasteiger partial charge in [-0.1, -0.05) is 22.0 Å². The maximum Gasteiger partial charge on any atom is 0.305 e. The van der Waals surface area contributed by atoms with E-state index >= 15 is 0 Å². The Kier molecular flexibility index (Phi) is 5.30. The molecule has 0 bridgehead atoms. The maximum atomic E-state index is 10.5. The summed E-state index contributed by atoms with van der Waals surface area (Å²) in [6.07, 6.45) is 3.14. The number of allylic oxidation sites excluding steroid dienone is 2. The average molecular weight is 207 g/mol. The van der Waals surface area contributed by atoms with Crippen LogP contribution in [-0.4, -0.2) is 13.1 Å². The first-order chi connectivity index (χ1) is 4.66. The van der Waals surface area contributed by atoms with E-state index in [-0.39, 0.29) is 5.97 Å². The van der Waals surface area contributed by atoms with Gasteiger partial charge in [-0.05, 0) is 17.8 Å². The van der Waals surface area contributed by atoms with Crippen molar-refractivity contribution in [3.05, 3.63) is 10.6 Å². The van der Waals surface area contributed by atoms with Crippen LogP contribution < -0.4 is 0 Å². The molecule has 58 valence electrons. The van der Waals surface area contributed by atoms with E-state index in [1.807, 2.05) is 13.0 Å². The molecule has 0 fully saturated rings. The second kappa shape index (κ2) is 5.47. The Morgan fingerprint density at radius 1 is 1.70 bits per heavy atom. The first-order valence-corrected chi connectivity index (χ1v) is 3.85. The Morgan fingerprint density at radius 2 is 2.30 bits per heavy atom. The average Bonchev–Trinajstić information content (AvgIpc) is 1.87. The highest BCUT2D eigenvalue weighted by Gasteiger charge is 1.95. The molecular formula is C7H11BrO2. The third-order valence-electron chi connectivity index (χ3n) is 1.00. The summed E-state index contributed by atoms with van der Waals surface area (Å²) < 4.78 is 5.50. The van der Waals surface area contributed by atoms with Crippen LogP contribution >= 0.6 is 15.9 Å². The van der Waals surface area contributed by atoms with E-state index in [0.717, 1.165) is 10.9 Å². The van der Waals surface area contributed by atoms with E-state index in [1.54, 1.807) is 0 Å². The Balaban J connectivity index is 3.37. The smallest absolute Gasteiger partial charge is 0.305 e. The Labute approximate surface area is 69.4 Å². The molecule has 0 aromatic rings. The summed E-state index contributed by atoms with van der Waals surface area (Å²) in [4.78, 5) is 10.5. The van der Waals surface area contributed by atoms with Crippen LogP contribution in [0.1, 0.15) is 19.8 Å². The minimum absolute atomic E-state index is 0.162. The molecule has 0 N–H and O–H groups in total. The summed E-state index contributed by atoms with van der Waals surface area (Å²) in [5, 5.41) is 0. The monoisotopic (exact) mass is 206 g/mol. The Bertz CT molecular complexity index is 137. The van der Waals surface area contributed by atoms with E-state index in [4.69, 9.17) is 0 Å². The largest absolute Gasteiger partial charge is 0.469 e. The third kappa shape index (κ3) is 5.82. The van der Waals surface area contributed by atoms with Gasteiger partial charge < -0.3 is 4.74 Å². The molecule has 0 aliphatic heterocycles. The highest BCUT2D eigenvalue weighted by molar-refractivity contribution is 9.11. The molecule has 0 atom stereocenters. The molecule has 0 amide bonds. The number of hydrogen-bond donors (Lipinski definition) is 0. The van der Waals surface area contributed by atoms with Crippen molar-refractivity contribution >= 4 is 21.9 Å². The molecule has 0 saturated carbocycles. The standard InChI is InChI=1S/C7H11BrO2/c1-6(8)4-3-5-7(9)10-2/h4H,3,5H2,1-2H3/b6-4-. The molecule has 0 rings (SSSR count). The number of carbonyl (C=O) groups excluding carboxylic acids is 1. The highest BCUT2D eigenvalue weighted by Crippen LogP contribution is 2.05. The number of hydrogen-bond acceptors (Lipinski definition) is 2. The van der Waals surface area contributed by atoms with Crippen molar-refractivity contribution in [2.45, 2.75) is 19.8 Å². The highest BCUT2D eigenvalue weighted by atomic mass is 79.9. The van der Waals surface area contributed by atoms with Gasteiger partial charge in [0.05, 0.1) is 7.11 Å². The molecule has 0 aromatic carbocycles. The van der Waals surface area contributed by atoms with Crippen molar-refractivity contribution in [1.29, 1.82) is 0 Å². The molecule has 0 heterocycles. The van der Waals surface area contributed by atoms with Gasteiger partial charge in [-0.15, -0.1) is 0 Å². The topological polar surface area (TPSA) is 26.3 Å². The molecule has 10 heavy (non-hydrogen) atoms. The molecule has 0 radical (unpaired) electrons. The van der Waals surface area contributed by atoms with Gasteiger partial charge in [-0.2, -0.15) is 0 Å². The summed E-state index contributed by atoms with van der Waals surface area (Å²) in [6.45, 7) is 1.93. The minimum atomic E-state index is -0.162. The van der Waals surface area contributed by atoms with Gasteiger partial charge in [0, 0.05) is 6.42 Å². The fourth-order valence-corrected chi connectivity index (χ4v) is 0.720. The van der Waals surface area contributed by atoms with Crippen molar-refractivity contribution in [3.8, 4) is 0 Å². The maximum absolute atomic E-state index is 10.5. The van der Waals surface area contributed by atoms with Gasteiger partial charge in [0.15, 0.2) is 0 Å². The van der Waals surface area contributed by atoms with Crippen molar-refractivity contribution in [2.24, 2.45) is 0 Å². The fraction of sp³-hybridized carbons (Fsp3) is 0.571. The van der Waals surface area contributed by atoms with Crippen LogP contribution in [0, 0.1) is 0 Å². The van der Waals surface area contributed by atoms with Gasteiger partial charge >= 0.3 is 5.97 Å². The lowest BCUT2D eigenvalue weighted by atomic mass is 10.3. The van der Waals surface area contributed by atoms with Crippen LogP contribution in [0.5, 0.6) is 0 Å². The Morgan fingerprint density at radius 3 is 2.70 bits per heavy atom. The van der Waals surface area contributed by atoms with E-state index in [9.17, 15) is 4.79 Å². The molecule has 2 nitrogen and oxygen atoms in total. The van der Waals surface area contributed by atoms with Crippen molar-refractivity contribution in [1.82, 2.24) is 0 Å². The fourth-order valence-electron chi connectivity index (χ4n) is 0.491. The van der Waals surface area contributed by atoms with Gasteiger partial charge in [-0.3, -0.25) is 4.79 Å². The summed E-state index contributed by atoms with van der Waals surface area (Å²) in [5.41, 5.74) is 0. The lowest BCUT2D eigenvalue weighted by Gasteiger charge is -1.93. The van der Waals surface area contributed by atoms with Crippen molar-refractivity contribution in [3.63, 3.8) is 0 Å². The van der Waals surface area contributed by atoms with Gasteiger partial charge in [0.2, 0.25) is 0 Å². The van der Waals surface area contributed by atoms with Gasteiger partial charge in [-0.25, -0.2) is 0 Å². The predicted molar refractivity (Wildman–Crippen MR) is 43.9 cm³/mol. The van der Waals surface area contributed by atoms with E-state index < -0.39 is 0 Å². The lowest BCUT2D eigenvalue weighted by molar-refractivity contribution is -0.140. The molecular weight excluding hydrogens is 196 g/mol. The Hall–Kier alpha value is -0.310. The third-order valence-corrected chi connectivity index (χ3v) is 1.33. The van der Waals surface area contributed by atoms with Crippen molar-refractivity contribution < 1.29 is 9.53 Å². The molecule has 3 heteroatoms. The minimum Gasteiger partial charge on any atom is -0.469 e. The molecule has 0 saturated heterocycles. The van der Waals surface area contributed by atoms with E-state index in [0.29, 0.717) is 6.42 Å². The van der Waals surface area contributed by atoms with E-state index in [1.165, 1.54) is 7.11 Å². The lowest BCUT2D eigenvalue weighted by Crippen LogP contribution is -1.97. The predicted octanol–water partition coefficient (Wildman–Crippen LogP) is 2.24. The number of carbonyl (C=O) groups is 1. The second-order valence-corrected chi connectivity index (χ2v) is 3.16. The zero-order valence-electron chi connectivity index (χ0n) is 6.19. The summed E-state index contributed by atoms with van der Waals surface area (Å²) >= 11 is 3.26. The van der Waals surface area contributed by atoms with Crippen LogP contribution in [0.25, 0.3) is 0 Å². The molecule has 0 aliphatic carbocycles. The number of ether oxygens (including phenoxy) is 1.